The highest BCUT2D eigenvalue weighted by Gasteiger charge is 2.39. The Kier molecular flexibility index (Phi) is 4.50. The molecule has 26 heavy (non-hydrogen) atoms. The zero-order valence-corrected chi connectivity index (χ0v) is 15.0. The van der Waals surface area contributed by atoms with Crippen molar-refractivity contribution in [1.82, 2.24) is 20.4 Å². The second-order valence-electron chi connectivity index (χ2n) is 7.45. The van der Waals surface area contributed by atoms with Crippen LogP contribution >= 0.6 is 0 Å². The number of rotatable bonds is 4. The van der Waals surface area contributed by atoms with Crippen molar-refractivity contribution in [3.63, 3.8) is 0 Å². The van der Waals surface area contributed by atoms with Crippen LogP contribution in [0.25, 0.3) is 0 Å². The van der Waals surface area contributed by atoms with Gasteiger partial charge in [0.25, 0.3) is 5.91 Å². The fraction of sp³-hybridized carbons (Fsp3) is 0.526. The van der Waals surface area contributed by atoms with Gasteiger partial charge < -0.3 is 10.2 Å². The lowest BCUT2D eigenvalue weighted by Gasteiger charge is -2.29. The van der Waals surface area contributed by atoms with E-state index in [1.165, 1.54) is 0 Å². The Hall–Kier alpha value is -2.25. The minimum absolute atomic E-state index is 0.110. The zero-order chi connectivity index (χ0) is 18.3. The summed E-state index contributed by atoms with van der Waals surface area (Å²) in [6, 6.07) is 6.00. The lowest BCUT2D eigenvalue weighted by molar-refractivity contribution is -0.136. The molecule has 0 aromatic heterocycles. The van der Waals surface area contributed by atoms with E-state index in [0.717, 1.165) is 37.2 Å². The van der Waals surface area contributed by atoms with E-state index in [1.54, 1.807) is 4.90 Å². The van der Waals surface area contributed by atoms with Crippen LogP contribution in [0.2, 0.25) is 0 Å². The molecule has 2 atom stereocenters. The molecule has 2 fully saturated rings. The number of fused-ring (bicyclic) bond motifs is 1. The van der Waals surface area contributed by atoms with Crippen LogP contribution in [0.4, 0.5) is 0 Å². The van der Waals surface area contributed by atoms with Gasteiger partial charge in [-0.3, -0.25) is 24.6 Å². The Morgan fingerprint density at radius 3 is 2.81 bits per heavy atom. The van der Waals surface area contributed by atoms with Crippen molar-refractivity contribution in [3.8, 4) is 0 Å². The number of carbonyl (C=O) groups is 3. The average Bonchev–Trinajstić information content (AvgIpc) is 3.24. The summed E-state index contributed by atoms with van der Waals surface area (Å²) in [5, 5.41) is 5.71. The SMILES string of the molecule is CN(Cc1ccc2c(c1)C(=O)N(C1CCC(=O)NC1=O)C2)C1CCNC1. The number of hydrogen-bond donors (Lipinski definition) is 2. The molecule has 3 aliphatic heterocycles. The van der Waals surface area contributed by atoms with E-state index in [2.05, 4.69) is 28.6 Å². The Bertz CT molecular complexity index is 757. The molecule has 7 heteroatoms. The molecule has 3 aliphatic rings. The van der Waals surface area contributed by atoms with Gasteiger partial charge in [0.2, 0.25) is 11.8 Å². The molecule has 4 rings (SSSR count). The largest absolute Gasteiger partial charge is 0.322 e. The maximum Gasteiger partial charge on any atom is 0.255 e. The van der Waals surface area contributed by atoms with Crippen LogP contribution in [-0.4, -0.2) is 59.7 Å². The van der Waals surface area contributed by atoms with Gasteiger partial charge in [0.1, 0.15) is 6.04 Å². The number of likely N-dealkylation sites (N-methyl/N-ethyl adjacent to an activating group) is 1. The second-order valence-corrected chi connectivity index (χ2v) is 7.45. The standard InChI is InChI=1S/C19H24N4O3/c1-22(14-6-7-20-9-14)10-12-2-3-13-11-23(19(26)15(13)8-12)16-4-5-17(24)21-18(16)25/h2-3,8,14,16,20H,4-7,9-11H2,1H3,(H,21,24,25). The highest BCUT2D eigenvalue weighted by molar-refractivity contribution is 6.05. The Morgan fingerprint density at radius 2 is 2.08 bits per heavy atom. The van der Waals surface area contributed by atoms with Crippen LogP contribution in [0.1, 0.15) is 40.7 Å². The van der Waals surface area contributed by atoms with Crippen LogP contribution in [-0.2, 0) is 22.7 Å². The van der Waals surface area contributed by atoms with Crippen LogP contribution in [0.3, 0.4) is 0 Å². The number of benzene rings is 1. The number of piperidine rings is 1. The quantitative estimate of drug-likeness (QED) is 0.756. The molecule has 0 aliphatic carbocycles. The summed E-state index contributed by atoms with van der Waals surface area (Å²) in [7, 11) is 2.11. The van der Waals surface area contributed by atoms with Crippen LogP contribution in [0.5, 0.6) is 0 Å². The summed E-state index contributed by atoms with van der Waals surface area (Å²) in [6.07, 6.45) is 1.82. The van der Waals surface area contributed by atoms with Gasteiger partial charge in [-0.25, -0.2) is 0 Å². The number of hydrogen-bond acceptors (Lipinski definition) is 5. The van der Waals surface area contributed by atoms with Crippen molar-refractivity contribution in [2.75, 3.05) is 20.1 Å². The summed E-state index contributed by atoms with van der Waals surface area (Å²) in [5.74, 6) is -0.736. The third-order valence-corrected chi connectivity index (χ3v) is 5.68. The van der Waals surface area contributed by atoms with Crippen molar-refractivity contribution >= 4 is 17.7 Å². The third-order valence-electron chi connectivity index (χ3n) is 5.68. The number of carbonyl (C=O) groups excluding carboxylic acids is 3. The van der Waals surface area contributed by atoms with Gasteiger partial charge in [0.15, 0.2) is 0 Å². The van der Waals surface area contributed by atoms with Gasteiger partial charge in [-0.2, -0.15) is 0 Å². The van der Waals surface area contributed by atoms with Crippen LogP contribution in [0.15, 0.2) is 18.2 Å². The van der Waals surface area contributed by atoms with E-state index >= 15 is 0 Å². The van der Waals surface area contributed by atoms with Crippen molar-refractivity contribution in [1.29, 1.82) is 0 Å². The topological polar surface area (TPSA) is 81.8 Å². The van der Waals surface area contributed by atoms with E-state index in [0.29, 0.717) is 24.6 Å². The van der Waals surface area contributed by atoms with Crippen molar-refractivity contribution in [2.45, 2.75) is 44.4 Å². The molecule has 3 amide bonds. The molecule has 2 unspecified atom stereocenters. The maximum atomic E-state index is 12.9. The second kappa shape index (κ2) is 6.81. The molecule has 138 valence electrons. The van der Waals surface area contributed by atoms with Gasteiger partial charge in [0, 0.05) is 37.7 Å². The molecule has 2 saturated heterocycles. The monoisotopic (exact) mass is 356 g/mol. The van der Waals surface area contributed by atoms with Crippen LogP contribution < -0.4 is 10.6 Å². The normalized spacial score (nSPS) is 25.8. The Morgan fingerprint density at radius 1 is 1.23 bits per heavy atom. The first-order valence-corrected chi connectivity index (χ1v) is 9.20. The first-order chi connectivity index (χ1) is 12.5. The van der Waals surface area contributed by atoms with E-state index < -0.39 is 6.04 Å². The molecular weight excluding hydrogens is 332 g/mol. The number of nitrogens with zero attached hydrogens (tertiary/aromatic N) is 2. The highest BCUT2D eigenvalue weighted by Crippen LogP contribution is 2.28. The number of imide groups is 1. The Balaban J connectivity index is 1.48. The maximum absolute atomic E-state index is 12.9. The fourth-order valence-corrected chi connectivity index (χ4v) is 4.13. The first-order valence-electron chi connectivity index (χ1n) is 9.20. The molecule has 2 N–H and O–H groups in total. The minimum atomic E-state index is -0.553. The number of amides is 3. The van der Waals surface area contributed by atoms with Gasteiger partial charge in [-0.05, 0) is 43.6 Å². The number of nitrogens with one attached hydrogen (secondary N) is 2. The molecule has 0 spiro atoms. The van der Waals surface area contributed by atoms with Gasteiger partial charge in [-0.15, -0.1) is 0 Å². The summed E-state index contributed by atoms with van der Waals surface area (Å²) < 4.78 is 0. The van der Waals surface area contributed by atoms with E-state index in [4.69, 9.17) is 0 Å². The molecule has 0 radical (unpaired) electrons. The molecule has 0 bridgehead atoms. The summed E-state index contributed by atoms with van der Waals surface area (Å²) in [4.78, 5) is 40.2. The van der Waals surface area contributed by atoms with E-state index in [-0.39, 0.29) is 24.1 Å². The third kappa shape index (κ3) is 3.12. The van der Waals surface area contributed by atoms with E-state index in [1.807, 2.05) is 12.1 Å². The van der Waals surface area contributed by atoms with Crippen molar-refractivity contribution in [3.05, 3.63) is 34.9 Å². The molecule has 7 nitrogen and oxygen atoms in total. The fourth-order valence-electron chi connectivity index (χ4n) is 4.13. The van der Waals surface area contributed by atoms with Gasteiger partial charge >= 0.3 is 0 Å². The summed E-state index contributed by atoms with van der Waals surface area (Å²) >= 11 is 0. The Labute approximate surface area is 152 Å². The smallest absolute Gasteiger partial charge is 0.255 e. The van der Waals surface area contributed by atoms with Crippen LogP contribution in [0, 0.1) is 0 Å². The minimum Gasteiger partial charge on any atom is -0.322 e. The lowest BCUT2D eigenvalue weighted by atomic mass is 10.0. The average molecular weight is 356 g/mol. The van der Waals surface area contributed by atoms with Gasteiger partial charge in [0.05, 0.1) is 0 Å². The first kappa shape index (κ1) is 17.2. The molecular formula is C19H24N4O3. The van der Waals surface area contributed by atoms with Crippen molar-refractivity contribution in [2.24, 2.45) is 0 Å². The van der Waals surface area contributed by atoms with Gasteiger partial charge in [-0.1, -0.05) is 12.1 Å². The lowest BCUT2D eigenvalue weighted by Crippen LogP contribution is -2.52. The molecule has 1 aromatic carbocycles. The van der Waals surface area contributed by atoms with E-state index in [9.17, 15) is 14.4 Å². The predicted molar refractivity (Wildman–Crippen MR) is 95.2 cm³/mol. The molecule has 3 heterocycles. The highest BCUT2D eigenvalue weighted by atomic mass is 16.2. The molecule has 0 saturated carbocycles. The summed E-state index contributed by atoms with van der Waals surface area (Å²) in [6.45, 7) is 3.29. The predicted octanol–water partition coefficient (Wildman–Crippen LogP) is 0.241. The molecule has 1 aromatic rings. The zero-order valence-electron chi connectivity index (χ0n) is 15.0. The van der Waals surface area contributed by atoms with Crippen molar-refractivity contribution < 1.29 is 14.4 Å². The summed E-state index contributed by atoms with van der Waals surface area (Å²) in [5.41, 5.74) is 2.75.